The van der Waals surface area contributed by atoms with E-state index in [0.717, 1.165) is 11.0 Å². The summed E-state index contributed by atoms with van der Waals surface area (Å²) in [5.74, 6) is -0.421. The Morgan fingerprint density at radius 2 is 1.79 bits per heavy atom. The monoisotopic (exact) mass is 256 g/mol. The fourth-order valence-corrected chi connectivity index (χ4v) is 1.61. The van der Waals surface area contributed by atoms with Crippen LogP contribution in [0.3, 0.4) is 0 Å². The minimum atomic E-state index is -0.531. The van der Waals surface area contributed by atoms with E-state index in [-0.39, 0.29) is 0 Å². The van der Waals surface area contributed by atoms with E-state index < -0.39 is 11.6 Å². The van der Waals surface area contributed by atoms with E-state index in [9.17, 15) is 4.79 Å². The van der Waals surface area contributed by atoms with Crippen molar-refractivity contribution >= 4 is 22.6 Å². The molecule has 0 atom stereocenters. The molecule has 1 aromatic heterocycles. The highest BCUT2D eigenvalue weighted by atomic mass is 16.6. The van der Waals surface area contributed by atoms with Crippen LogP contribution in [0.5, 0.6) is 0 Å². The number of nitrogens with zero attached hydrogens (tertiary/aromatic N) is 2. The van der Waals surface area contributed by atoms with Crippen LogP contribution in [0, 0.1) is 0 Å². The molecule has 4 heteroatoms. The summed E-state index contributed by atoms with van der Waals surface area (Å²) in [7, 11) is 0. The van der Waals surface area contributed by atoms with E-state index in [1.807, 2.05) is 26.8 Å². The molecule has 0 radical (unpaired) electrons. The lowest BCUT2D eigenvalue weighted by atomic mass is 10.1. The maximum atomic E-state index is 11.9. The largest absolute Gasteiger partial charge is 0.456 e. The van der Waals surface area contributed by atoms with Crippen molar-refractivity contribution in [3.8, 4) is 0 Å². The molecule has 0 saturated heterocycles. The highest BCUT2D eigenvalue weighted by Gasteiger charge is 2.19. The van der Waals surface area contributed by atoms with Crippen molar-refractivity contribution in [2.75, 3.05) is 0 Å². The van der Waals surface area contributed by atoms with Gasteiger partial charge in [0.15, 0.2) is 0 Å². The van der Waals surface area contributed by atoms with Gasteiger partial charge in [-0.3, -0.25) is 9.97 Å². The second kappa shape index (κ2) is 4.80. The van der Waals surface area contributed by atoms with Crippen LogP contribution >= 0.6 is 0 Å². The number of esters is 1. The van der Waals surface area contributed by atoms with Crippen LogP contribution in [-0.2, 0) is 9.53 Å². The van der Waals surface area contributed by atoms with Gasteiger partial charge in [0, 0.05) is 12.4 Å². The molecular weight excluding hydrogens is 240 g/mol. The molecule has 0 aliphatic rings. The zero-order valence-corrected chi connectivity index (χ0v) is 11.3. The van der Waals surface area contributed by atoms with Crippen molar-refractivity contribution in [3.05, 3.63) is 42.7 Å². The van der Waals surface area contributed by atoms with Gasteiger partial charge in [-0.25, -0.2) is 4.79 Å². The van der Waals surface area contributed by atoms with Gasteiger partial charge in [0.25, 0.3) is 0 Å². The zero-order chi connectivity index (χ0) is 14.0. The van der Waals surface area contributed by atoms with Gasteiger partial charge in [-0.05, 0) is 38.5 Å². The van der Waals surface area contributed by atoms with Crippen LogP contribution in [0.2, 0.25) is 0 Å². The molecule has 2 aromatic rings. The molecule has 0 saturated carbocycles. The molecule has 2 rings (SSSR count). The van der Waals surface area contributed by atoms with Crippen LogP contribution in [0.4, 0.5) is 0 Å². The van der Waals surface area contributed by atoms with Crippen molar-refractivity contribution in [2.45, 2.75) is 26.4 Å². The van der Waals surface area contributed by atoms with Gasteiger partial charge in [-0.2, -0.15) is 0 Å². The molecular formula is C15H16N2O2. The van der Waals surface area contributed by atoms with Gasteiger partial charge >= 0.3 is 5.97 Å². The average Bonchev–Trinajstić information content (AvgIpc) is 2.35. The predicted octanol–water partition coefficient (Wildman–Crippen LogP) is 2.98. The van der Waals surface area contributed by atoms with Crippen LogP contribution in [-0.4, -0.2) is 21.5 Å². The van der Waals surface area contributed by atoms with E-state index in [4.69, 9.17) is 4.74 Å². The Morgan fingerprint density at radius 1 is 1.16 bits per heavy atom. The third-order valence-corrected chi connectivity index (χ3v) is 2.46. The molecule has 0 spiro atoms. The molecule has 0 aliphatic heterocycles. The first-order chi connectivity index (χ1) is 8.87. The number of rotatable bonds is 2. The number of carbonyl (C=O) groups excluding carboxylic acids is 1. The summed E-state index contributed by atoms with van der Waals surface area (Å²) in [4.78, 5) is 20.3. The minimum absolute atomic E-state index is 0.322. The van der Waals surface area contributed by atoms with Crippen molar-refractivity contribution in [3.63, 3.8) is 0 Å². The van der Waals surface area contributed by atoms with Gasteiger partial charge < -0.3 is 4.74 Å². The van der Waals surface area contributed by atoms with E-state index in [2.05, 4.69) is 16.5 Å². The number of fused-ring (bicyclic) bond motifs is 1. The molecule has 0 fully saturated rings. The Bertz CT molecular complexity index is 642. The molecule has 0 N–H and O–H groups in total. The summed E-state index contributed by atoms with van der Waals surface area (Å²) < 4.78 is 5.29. The summed E-state index contributed by atoms with van der Waals surface area (Å²) >= 11 is 0. The molecule has 0 bridgehead atoms. The Kier molecular flexibility index (Phi) is 3.34. The van der Waals surface area contributed by atoms with Gasteiger partial charge in [-0.15, -0.1) is 0 Å². The molecule has 19 heavy (non-hydrogen) atoms. The highest BCUT2D eigenvalue weighted by molar-refractivity contribution is 6.16. The lowest BCUT2D eigenvalue weighted by Gasteiger charge is -2.20. The molecule has 1 aromatic carbocycles. The highest BCUT2D eigenvalue weighted by Crippen LogP contribution is 2.20. The van der Waals surface area contributed by atoms with Crippen molar-refractivity contribution in [1.82, 2.24) is 9.97 Å². The number of hydrogen-bond donors (Lipinski definition) is 0. The quantitative estimate of drug-likeness (QED) is 0.612. The van der Waals surface area contributed by atoms with E-state index in [1.54, 1.807) is 24.5 Å². The fourth-order valence-electron chi connectivity index (χ4n) is 1.61. The summed E-state index contributed by atoms with van der Waals surface area (Å²) in [5.41, 5.74) is 1.99. The zero-order valence-electron chi connectivity index (χ0n) is 11.3. The van der Waals surface area contributed by atoms with Crippen LogP contribution in [0.25, 0.3) is 16.6 Å². The number of carbonyl (C=O) groups is 1. The molecule has 98 valence electrons. The second-order valence-corrected chi connectivity index (χ2v) is 5.24. The fraction of sp³-hybridized carbons (Fsp3) is 0.267. The summed E-state index contributed by atoms with van der Waals surface area (Å²) in [5, 5.41) is 0. The second-order valence-electron chi connectivity index (χ2n) is 5.24. The van der Waals surface area contributed by atoms with Crippen molar-refractivity contribution < 1.29 is 9.53 Å². The number of hydrogen-bond acceptors (Lipinski definition) is 4. The van der Waals surface area contributed by atoms with E-state index in [0.29, 0.717) is 11.1 Å². The standard InChI is InChI=1S/C15H16N2O2/c1-10(14(18)19-15(2,3)4)11-5-6-12-13(9-11)17-8-7-16-12/h5-9H,1H2,2-4H3. The number of benzene rings is 1. The Morgan fingerprint density at radius 3 is 2.42 bits per heavy atom. The lowest BCUT2D eigenvalue weighted by Crippen LogP contribution is -2.24. The normalized spacial score (nSPS) is 11.3. The average molecular weight is 256 g/mol. The van der Waals surface area contributed by atoms with Gasteiger partial charge in [0.05, 0.1) is 16.6 Å². The predicted molar refractivity (Wildman–Crippen MR) is 74.4 cm³/mol. The minimum Gasteiger partial charge on any atom is -0.456 e. The molecule has 0 amide bonds. The summed E-state index contributed by atoms with van der Waals surface area (Å²) in [6.45, 7) is 9.26. The number of ether oxygens (including phenoxy) is 1. The third kappa shape index (κ3) is 3.16. The topological polar surface area (TPSA) is 52.1 Å². The van der Waals surface area contributed by atoms with E-state index in [1.165, 1.54) is 0 Å². The number of aromatic nitrogens is 2. The van der Waals surface area contributed by atoms with Gasteiger partial charge in [0.2, 0.25) is 0 Å². The maximum Gasteiger partial charge on any atom is 0.338 e. The van der Waals surface area contributed by atoms with Gasteiger partial charge in [-0.1, -0.05) is 12.6 Å². The van der Waals surface area contributed by atoms with Crippen molar-refractivity contribution in [1.29, 1.82) is 0 Å². The Balaban J connectivity index is 2.29. The smallest absolute Gasteiger partial charge is 0.338 e. The lowest BCUT2D eigenvalue weighted by molar-refractivity contribution is -0.147. The van der Waals surface area contributed by atoms with Crippen LogP contribution in [0.1, 0.15) is 26.3 Å². The van der Waals surface area contributed by atoms with Crippen LogP contribution in [0.15, 0.2) is 37.2 Å². The Hall–Kier alpha value is -2.23. The van der Waals surface area contributed by atoms with Gasteiger partial charge in [0.1, 0.15) is 5.60 Å². The first-order valence-corrected chi connectivity index (χ1v) is 6.00. The summed E-state index contributed by atoms with van der Waals surface area (Å²) in [6, 6.07) is 5.39. The van der Waals surface area contributed by atoms with Crippen molar-refractivity contribution in [2.24, 2.45) is 0 Å². The maximum absolute atomic E-state index is 11.9. The first kappa shape index (κ1) is 13.2. The third-order valence-electron chi connectivity index (χ3n) is 2.46. The first-order valence-electron chi connectivity index (χ1n) is 6.00. The molecule has 4 nitrogen and oxygen atoms in total. The van der Waals surface area contributed by atoms with Crippen LogP contribution < -0.4 is 0 Å². The summed E-state index contributed by atoms with van der Waals surface area (Å²) in [6.07, 6.45) is 3.24. The SMILES string of the molecule is C=C(C(=O)OC(C)(C)C)c1ccc2nccnc2c1. The Labute approximate surface area is 112 Å². The molecule has 0 unspecified atom stereocenters. The molecule has 1 heterocycles. The van der Waals surface area contributed by atoms with E-state index >= 15 is 0 Å². The molecule has 0 aliphatic carbocycles.